The zero-order chi connectivity index (χ0) is 21.7. The number of imidazole rings is 1. The number of fused-ring (bicyclic) bond motifs is 3. The van der Waals surface area contributed by atoms with Crippen LogP contribution in [0.1, 0.15) is 13.8 Å². The molecule has 9 heteroatoms. The minimum Gasteiger partial charge on any atom is -0.0611 e. The smallest absolute Gasteiger partial charge is 0.0611 e. The second-order valence-electron chi connectivity index (χ2n) is 7.48. The van der Waals surface area contributed by atoms with Crippen molar-refractivity contribution >= 4 is 39.6 Å². The average Bonchev–Trinajstić information content (AvgIpc) is 3.12. The number of aromatic nitrogens is 3. The van der Waals surface area contributed by atoms with Gasteiger partial charge in [-0.3, -0.25) is 0 Å². The number of amides is 2. The summed E-state index contributed by atoms with van der Waals surface area (Å²) in [5.74, 6) is 0.365. The molecule has 0 aliphatic carbocycles. The number of carbonyl (C=O) groups is 2. The number of nitrogens with zero attached hydrogens (tertiary/aromatic N) is 4. The summed E-state index contributed by atoms with van der Waals surface area (Å²) in [5.41, 5.74) is 2.38. The van der Waals surface area contributed by atoms with E-state index >= 15 is 0 Å². The Hall–Kier alpha value is -2.27. The van der Waals surface area contributed by atoms with Crippen LogP contribution in [0.25, 0.3) is 21.9 Å². The zero-order valence-corrected chi connectivity index (χ0v) is 19.8. The number of benzene rings is 1. The van der Waals surface area contributed by atoms with Crippen molar-refractivity contribution in [3.05, 3.63) is 30.6 Å². The molecule has 0 atom stereocenters. The molecule has 30 heavy (non-hydrogen) atoms. The van der Waals surface area contributed by atoms with Gasteiger partial charge in [0, 0.05) is 6.54 Å². The third kappa shape index (κ3) is 5.25. The Balaban J connectivity index is 1.77. The molecular weight excluding hydrogens is 497 g/mol. The molecule has 0 aliphatic rings. The molecule has 0 spiro atoms. The average molecular weight is 524 g/mol. The third-order valence-electron chi connectivity index (χ3n) is 4.46. The summed E-state index contributed by atoms with van der Waals surface area (Å²) in [5, 5.41) is 3.79. The van der Waals surface area contributed by atoms with Gasteiger partial charge in [0.2, 0.25) is 0 Å². The van der Waals surface area contributed by atoms with Gasteiger partial charge in [-0.15, -0.1) is 0 Å². The van der Waals surface area contributed by atoms with E-state index < -0.39 is 0 Å². The van der Waals surface area contributed by atoms with Gasteiger partial charge in [0.05, 0.1) is 0 Å². The Morgan fingerprint density at radius 2 is 2.03 bits per heavy atom. The molecule has 0 bridgehead atoms. The summed E-state index contributed by atoms with van der Waals surface area (Å²) in [6, 6.07) is 7.81. The normalized spacial score (nSPS) is 11.5. The van der Waals surface area contributed by atoms with Gasteiger partial charge in [0.15, 0.2) is 0 Å². The Labute approximate surface area is 186 Å². The quantitative estimate of drug-likeness (QED) is 0.228. The Bertz CT molecular complexity index is 1050. The van der Waals surface area contributed by atoms with E-state index in [1.165, 1.54) is 0 Å². The predicted molar refractivity (Wildman–Crippen MR) is 113 cm³/mol. The third-order valence-corrected chi connectivity index (χ3v) is 6.16. The summed E-state index contributed by atoms with van der Waals surface area (Å²) in [6.07, 6.45) is 1.79. The van der Waals surface area contributed by atoms with Crippen molar-refractivity contribution in [1.29, 1.82) is 0 Å². The standard InChI is InChI=1S/C21H27IN5O3/c1-14(2)9-27-13-23-19-20(27)15-7-5-6-8-16(15)24-21(19)25-17(28)10-30-11-18(29)26(4)12-22-3/h5-8,13-14H,9-12H2,1-4H3,(H,24,25,28)/q-1. The van der Waals surface area contributed by atoms with Crippen LogP contribution in [0.2, 0.25) is 0 Å². The Kier molecular flexibility index (Phi) is 7.59. The SMILES string of the molecule is C[I-]CN(C)C(=O)COCC(=O)Nc1nc2ccccc2c2c1ncn2CC(C)C. The fraction of sp³-hybridized carbons (Fsp3) is 0.429. The topological polar surface area (TPSA) is 89.3 Å². The van der Waals surface area contributed by atoms with Gasteiger partial charge < -0.3 is 0 Å². The first-order valence-corrected chi connectivity index (χ1v) is 13.4. The number of nitrogens with one attached hydrogen (secondary N) is 1. The van der Waals surface area contributed by atoms with Crippen LogP contribution in [-0.4, -0.2) is 61.0 Å². The van der Waals surface area contributed by atoms with Crippen LogP contribution in [0, 0.1) is 5.92 Å². The van der Waals surface area contributed by atoms with E-state index in [9.17, 15) is 9.59 Å². The molecular formula is C21H27IN5O3-. The van der Waals surface area contributed by atoms with E-state index in [4.69, 9.17) is 4.74 Å². The molecule has 0 aliphatic heterocycles. The number of carbonyl (C=O) groups excluding carboxylic acids is 2. The number of hydrogen-bond acceptors (Lipinski definition) is 5. The molecule has 1 aromatic carbocycles. The number of anilines is 1. The van der Waals surface area contributed by atoms with Crippen LogP contribution in [0.3, 0.4) is 0 Å². The van der Waals surface area contributed by atoms with E-state index in [-0.39, 0.29) is 46.2 Å². The van der Waals surface area contributed by atoms with Crippen molar-refractivity contribution in [3.63, 3.8) is 0 Å². The summed E-state index contributed by atoms with van der Waals surface area (Å²) in [6.45, 7) is 4.78. The van der Waals surface area contributed by atoms with Gasteiger partial charge in [-0.1, -0.05) is 32.0 Å². The van der Waals surface area contributed by atoms with Crippen LogP contribution in [-0.2, 0) is 20.9 Å². The number of rotatable bonds is 9. The van der Waals surface area contributed by atoms with Crippen LogP contribution in [0.5, 0.6) is 0 Å². The molecule has 0 saturated carbocycles. The van der Waals surface area contributed by atoms with Crippen molar-refractivity contribution < 1.29 is 35.5 Å². The first kappa shape index (κ1) is 22.4. The molecule has 0 saturated heterocycles. The van der Waals surface area contributed by atoms with Crippen molar-refractivity contribution in [2.75, 3.05) is 35.1 Å². The second-order valence-corrected chi connectivity index (χ2v) is 9.69. The van der Waals surface area contributed by atoms with Crippen LogP contribution < -0.4 is 26.5 Å². The van der Waals surface area contributed by atoms with E-state index in [1.807, 2.05) is 24.3 Å². The molecule has 3 aromatic rings. The minimum absolute atomic E-state index is 0.0125. The number of halogens is 1. The molecule has 0 radical (unpaired) electrons. The molecule has 8 nitrogen and oxygen atoms in total. The minimum atomic E-state index is -0.365. The monoisotopic (exact) mass is 524 g/mol. The fourth-order valence-corrected chi connectivity index (χ4v) is 4.56. The number of likely N-dealkylation sites (N-methyl/N-ethyl adjacent to an activating group) is 1. The van der Waals surface area contributed by atoms with Gasteiger partial charge in [-0.25, -0.2) is 0 Å². The molecule has 2 aromatic heterocycles. The maximum atomic E-state index is 12.4. The second kappa shape index (κ2) is 10.2. The molecule has 0 unspecified atom stereocenters. The van der Waals surface area contributed by atoms with Gasteiger partial charge in [-0.05, 0) is 5.92 Å². The van der Waals surface area contributed by atoms with Gasteiger partial charge in [0.25, 0.3) is 0 Å². The van der Waals surface area contributed by atoms with Crippen LogP contribution >= 0.6 is 0 Å². The summed E-state index contributed by atoms with van der Waals surface area (Å²) >= 11 is -0.0125. The maximum absolute atomic E-state index is 12.4. The zero-order valence-electron chi connectivity index (χ0n) is 17.7. The van der Waals surface area contributed by atoms with Gasteiger partial charge in [0.1, 0.15) is 0 Å². The predicted octanol–water partition coefficient (Wildman–Crippen LogP) is -0.670. The molecule has 2 heterocycles. The first-order valence-electron chi connectivity index (χ1n) is 9.69. The van der Waals surface area contributed by atoms with Crippen LogP contribution in [0.4, 0.5) is 5.82 Å². The summed E-state index contributed by atoms with van der Waals surface area (Å²) < 4.78 is 8.18. The van der Waals surface area contributed by atoms with Gasteiger partial charge in [-0.2, -0.15) is 0 Å². The summed E-state index contributed by atoms with van der Waals surface area (Å²) in [7, 11) is 1.75. The molecule has 0 fully saturated rings. The Morgan fingerprint density at radius 1 is 1.27 bits per heavy atom. The van der Waals surface area contributed by atoms with E-state index in [0.717, 1.165) is 27.5 Å². The molecule has 3 rings (SSSR count). The number of para-hydroxylation sites is 1. The van der Waals surface area contributed by atoms with Crippen molar-refractivity contribution in [2.24, 2.45) is 5.92 Å². The first-order chi connectivity index (χ1) is 14.4. The van der Waals surface area contributed by atoms with Crippen molar-refractivity contribution in [2.45, 2.75) is 20.4 Å². The van der Waals surface area contributed by atoms with E-state index in [1.54, 1.807) is 18.3 Å². The van der Waals surface area contributed by atoms with Crippen LogP contribution in [0.15, 0.2) is 30.6 Å². The van der Waals surface area contributed by atoms with E-state index in [2.05, 4.69) is 38.6 Å². The fourth-order valence-electron chi connectivity index (χ4n) is 3.16. The number of alkyl halides is 2. The van der Waals surface area contributed by atoms with Gasteiger partial charge >= 0.3 is 142 Å². The number of pyridine rings is 1. The van der Waals surface area contributed by atoms with E-state index in [0.29, 0.717) is 17.3 Å². The number of ether oxygens (including phenoxy) is 1. The Morgan fingerprint density at radius 3 is 2.77 bits per heavy atom. The molecule has 1 N–H and O–H groups in total. The summed E-state index contributed by atoms with van der Waals surface area (Å²) in [4.78, 5) is 37.2. The molecule has 2 amide bonds. The van der Waals surface area contributed by atoms with Crippen molar-refractivity contribution in [3.8, 4) is 0 Å². The van der Waals surface area contributed by atoms with Crippen molar-refractivity contribution in [1.82, 2.24) is 19.4 Å². The number of hydrogen-bond donors (Lipinski definition) is 1. The molecule has 162 valence electrons.